The Labute approximate surface area is 90.0 Å². The van der Waals surface area contributed by atoms with Gasteiger partial charge >= 0.3 is 0 Å². The molecule has 3 heteroatoms. The molecule has 0 saturated carbocycles. The van der Waals surface area contributed by atoms with E-state index in [-0.39, 0.29) is 10.5 Å². The molecule has 2 unspecified atom stereocenters. The number of thiol groups is 2. The van der Waals surface area contributed by atoms with Crippen LogP contribution in [0.1, 0.15) is 24.2 Å². The van der Waals surface area contributed by atoms with Gasteiger partial charge in [-0.25, -0.2) is 0 Å². The van der Waals surface area contributed by atoms with Crippen molar-refractivity contribution >= 4 is 25.3 Å². The molecule has 13 heavy (non-hydrogen) atoms. The third-order valence-corrected chi connectivity index (χ3v) is 3.57. The molecule has 1 N–H and O–H groups in total. The minimum Gasteiger partial charge on any atom is -0.508 e. The number of phenols is 1. The van der Waals surface area contributed by atoms with Crippen molar-refractivity contribution in [1.29, 1.82) is 0 Å². The van der Waals surface area contributed by atoms with Crippen LogP contribution in [-0.4, -0.2) is 10.4 Å². The first-order valence-corrected chi connectivity index (χ1v) is 5.34. The van der Waals surface area contributed by atoms with Crippen LogP contribution in [0.2, 0.25) is 0 Å². The van der Waals surface area contributed by atoms with Crippen LogP contribution < -0.4 is 0 Å². The van der Waals surface area contributed by atoms with Crippen LogP contribution in [-0.2, 0) is 0 Å². The lowest BCUT2D eigenvalue weighted by molar-refractivity contribution is 0.467. The number of aromatic hydroxyl groups is 1. The maximum absolute atomic E-state index is 9.54. The van der Waals surface area contributed by atoms with Gasteiger partial charge in [0.1, 0.15) is 5.75 Å². The first-order chi connectivity index (χ1) is 6.16. The Bertz CT molecular complexity index is 275. The lowest BCUT2D eigenvalue weighted by Crippen LogP contribution is -2.06. The Balaban J connectivity index is 2.88. The van der Waals surface area contributed by atoms with Crippen molar-refractivity contribution in [1.82, 2.24) is 0 Å². The van der Waals surface area contributed by atoms with Gasteiger partial charge in [0.15, 0.2) is 0 Å². The summed E-state index contributed by atoms with van der Waals surface area (Å²) in [5, 5.41) is 9.71. The monoisotopic (exact) mass is 214 g/mol. The van der Waals surface area contributed by atoms with Crippen molar-refractivity contribution in [2.45, 2.75) is 23.8 Å². The summed E-state index contributed by atoms with van der Waals surface area (Å²) in [6.07, 6.45) is 0.936. The quantitative estimate of drug-likeness (QED) is 0.661. The van der Waals surface area contributed by atoms with Gasteiger partial charge in [-0.2, -0.15) is 25.3 Å². The van der Waals surface area contributed by atoms with Crippen LogP contribution >= 0.6 is 25.3 Å². The number of phenolic OH excluding ortho intramolecular Hbond substituents is 1. The predicted octanol–water partition coefficient (Wildman–Crippen LogP) is 3.07. The van der Waals surface area contributed by atoms with E-state index in [9.17, 15) is 5.11 Å². The Morgan fingerprint density at radius 3 is 2.46 bits per heavy atom. The van der Waals surface area contributed by atoms with E-state index in [1.165, 1.54) is 0 Å². The summed E-state index contributed by atoms with van der Waals surface area (Å²) in [6.45, 7) is 2.06. The molecule has 1 nitrogen and oxygen atoms in total. The van der Waals surface area contributed by atoms with Crippen LogP contribution in [0.3, 0.4) is 0 Å². The van der Waals surface area contributed by atoms with Crippen molar-refractivity contribution in [3.8, 4) is 5.75 Å². The van der Waals surface area contributed by atoms with E-state index in [2.05, 4.69) is 32.2 Å². The molecule has 1 aromatic carbocycles. The average molecular weight is 214 g/mol. The highest BCUT2D eigenvalue weighted by Gasteiger charge is 2.16. The van der Waals surface area contributed by atoms with Crippen LogP contribution in [0.25, 0.3) is 0 Å². The van der Waals surface area contributed by atoms with E-state index in [1.807, 2.05) is 12.1 Å². The standard InChI is InChI=1S/C10H14OS2/c1-2-9(12)10(13)7-5-3-4-6-8(7)11/h3-6,9-13H,2H2,1H3. The zero-order chi connectivity index (χ0) is 9.84. The summed E-state index contributed by atoms with van der Waals surface area (Å²) in [4.78, 5) is 0. The van der Waals surface area contributed by atoms with Crippen molar-refractivity contribution < 1.29 is 5.11 Å². The topological polar surface area (TPSA) is 20.2 Å². The molecular weight excluding hydrogens is 200 g/mol. The van der Waals surface area contributed by atoms with E-state index < -0.39 is 0 Å². The molecule has 2 atom stereocenters. The van der Waals surface area contributed by atoms with Gasteiger partial charge in [0, 0.05) is 16.1 Å². The molecule has 0 radical (unpaired) electrons. The molecule has 0 spiro atoms. The number of hydrogen-bond donors (Lipinski definition) is 3. The number of para-hydroxylation sites is 1. The third-order valence-electron chi connectivity index (χ3n) is 2.04. The van der Waals surface area contributed by atoms with Crippen LogP contribution in [0.5, 0.6) is 5.75 Å². The van der Waals surface area contributed by atoms with Crippen molar-refractivity contribution in [3.63, 3.8) is 0 Å². The zero-order valence-electron chi connectivity index (χ0n) is 7.51. The van der Waals surface area contributed by atoms with Gasteiger partial charge in [-0.15, -0.1) is 0 Å². The van der Waals surface area contributed by atoms with Crippen molar-refractivity contribution in [2.75, 3.05) is 0 Å². The molecule has 0 fully saturated rings. The molecule has 0 aliphatic rings. The highest BCUT2D eigenvalue weighted by molar-refractivity contribution is 7.85. The SMILES string of the molecule is CCC(S)C(S)c1ccccc1O. The summed E-state index contributed by atoms with van der Waals surface area (Å²) in [7, 11) is 0. The highest BCUT2D eigenvalue weighted by atomic mass is 32.1. The second kappa shape index (κ2) is 4.82. The zero-order valence-corrected chi connectivity index (χ0v) is 9.30. The molecule has 0 aliphatic carbocycles. The Hall–Kier alpha value is -0.280. The third kappa shape index (κ3) is 2.58. The van der Waals surface area contributed by atoms with E-state index in [1.54, 1.807) is 12.1 Å². The number of benzene rings is 1. The first-order valence-electron chi connectivity index (χ1n) is 4.30. The van der Waals surface area contributed by atoms with Crippen molar-refractivity contribution in [3.05, 3.63) is 29.8 Å². The van der Waals surface area contributed by atoms with E-state index >= 15 is 0 Å². The minimum absolute atomic E-state index is 0.00506. The summed E-state index contributed by atoms with van der Waals surface area (Å²) in [5.74, 6) is 0.301. The van der Waals surface area contributed by atoms with Gasteiger partial charge in [-0.3, -0.25) is 0 Å². The van der Waals surface area contributed by atoms with Gasteiger partial charge in [0.05, 0.1) is 0 Å². The summed E-state index contributed by atoms with van der Waals surface area (Å²) in [5.41, 5.74) is 0.854. The second-order valence-corrected chi connectivity index (χ2v) is 4.20. The molecule has 0 heterocycles. The predicted molar refractivity (Wildman–Crippen MR) is 62.9 cm³/mol. The van der Waals surface area contributed by atoms with Gasteiger partial charge in [0.2, 0.25) is 0 Å². The maximum atomic E-state index is 9.54. The number of hydrogen-bond acceptors (Lipinski definition) is 3. The molecule has 0 aromatic heterocycles. The smallest absolute Gasteiger partial charge is 0.119 e. The molecule has 0 aliphatic heterocycles. The molecule has 0 bridgehead atoms. The van der Waals surface area contributed by atoms with Gasteiger partial charge in [-0.1, -0.05) is 25.1 Å². The summed E-state index contributed by atoms with van der Waals surface area (Å²) in [6, 6.07) is 7.26. The van der Waals surface area contributed by atoms with Gasteiger partial charge in [0.25, 0.3) is 0 Å². The summed E-state index contributed by atoms with van der Waals surface area (Å²) < 4.78 is 0. The Morgan fingerprint density at radius 1 is 1.31 bits per heavy atom. The van der Waals surface area contributed by atoms with E-state index in [0.29, 0.717) is 5.75 Å². The molecule has 1 aromatic rings. The van der Waals surface area contributed by atoms with E-state index in [4.69, 9.17) is 0 Å². The van der Waals surface area contributed by atoms with Crippen molar-refractivity contribution in [2.24, 2.45) is 0 Å². The van der Waals surface area contributed by atoms with Gasteiger partial charge in [-0.05, 0) is 12.5 Å². The molecule has 0 amide bonds. The average Bonchev–Trinajstić information content (AvgIpc) is 2.16. The van der Waals surface area contributed by atoms with E-state index in [0.717, 1.165) is 12.0 Å². The largest absolute Gasteiger partial charge is 0.508 e. The Kier molecular flexibility index (Phi) is 4.00. The molecular formula is C10H14OS2. The Morgan fingerprint density at radius 2 is 1.92 bits per heavy atom. The van der Waals surface area contributed by atoms with Gasteiger partial charge < -0.3 is 5.11 Å². The summed E-state index contributed by atoms with van der Waals surface area (Å²) >= 11 is 8.82. The number of rotatable bonds is 3. The maximum Gasteiger partial charge on any atom is 0.119 e. The van der Waals surface area contributed by atoms with Crippen LogP contribution in [0.15, 0.2) is 24.3 Å². The minimum atomic E-state index is -0.00506. The fourth-order valence-electron chi connectivity index (χ4n) is 1.17. The van der Waals surface area contributed by atoms with Crippen LogP contribution in [0, 0.1) is 0 Å². The lowest BCUT2D eigenvalue weighted by Gasteiger charge is -2.17. The fourth-order valence-corrected chi connectivity index (χ4v) is 1.76. The normalized spacial score (nSPS) is 15.3. The highest BCUT2D eigenvalue weighted by Crippen LogP contribution is 2.34. The molecule has 1 rings (SSSR count). The molecule has 0 saturated heterocycles. The fraction of sp³-hybridized carbons (Fsp3) is 0.400. The van der Waals surface area contributed by atoms with Crippen LogP contribution in [0.4, 0.5) is 0 Å². The molecule has 72 valence electrons. The lowest BCUT2D eigenvalue weighted by atomic mass is 10.1. The second-order valence-electron chi connectivity index (χ2n) is 2.98. The first kappa shape index (κ1) is 10.8.